The Morgan fingerprint density at radius 3 is 1.75 bits per heavy atom. The molecule has 238 valence electrons. The maximum Gasteiger partial charge on any atom is 0.162 e. The number of aromatic nitrogens is 4. The molecule has 4 heterocycles. The molecule has 7 aromatic carbocycles. The first kappa shape index (κ1) is 27.9. The molecular weight excluding hydrogens is 625 g/mol. The lowest BCUT2D eigenvalue weighted by atomic mass is 10.0. The van der Waals surface area contributed by atoms with Crippen molar-refractivity contribution in [3.8, 4) is 34.2 Å². The summed E-state index contributed by atoms with van der Waals surface area (Å²) in [4.78, 5) is 10.6. The first-order valence-corrected chi connectivity index (χ1v) is 17.2. The van der Waals surface area contributed by atoms with Crippen molar-refractivity contribution in [2.45, 2.75) is 0 Å². The molecule has 4 aromatic heterocycles. The van der Waals surface area contributed by atoms with Crippen LogP contribution in [0.4, 0.5) is 0 Å². The number of nitrogens with zero attached hydrogens (tertiary/aromatic N) is 4. The van der Waals surface area contributed by atoms with Crippen LogP contribution >= 0.6 is 0 Å². The molecule has 0 bridgehead atoms. The van der Waals surface area contributed by atoms with Gasteiger partial charge in [0.15, 0.2) is 5.82 Å². The molecule has 5 nitrogen and oxygen atoms in total. The summed E-state index contributed by atoms with van der Waals surface area (Å²) in [6, 6.07) is 59.4. The minimum atomic E-state index is 0.649. The average Bonchev–Trinajstić information content (AvgIpc) is 3.86. The van der Waals surface area contributed by atoms with E-state index in [0.717, 1.165) is 61.3 Å². The maximum absolute atomic E-state index is 6.29. The minimum Gasteiger partial charge on any atom is -0.456 e. The van der Waals surface area contributed by atoms with E-state index in [2.05, 4.69) is 143 Å². The van der Waals surface area contributed by atoms with Crippen LogP contribution in [0.3, 0.4) is 0 Å². The largest absolute Gasteiger partial charge is 0.456 e. The van der Waals surface area contributed by atoms with Crippen molar-refractivity contribution in [3.05, 3.63) is 170 Å². The summed E-state index contributed by atoms with van der Waals surface area (Å²) in [7, 11) is 0. The summed E-state index contributed by atoms with van der Waals surface area (Å²) in [6.45, 7) is 0. The summed E-state index contributed by atoms with van der Waals surface area (Å²) in [5.74, 6) is 1.46. The number of hydrogen-bond donors (Lipinski definition) is 0. The zero-order valence-corrected chi connectivity index (χ0v) is 27.4. The molecule has 0 aliphatic carbocycles. The first-order chi connectivity index (χ1) is 25.3. The van der Waals surface area contributed by atoms with Crippen LogP contribution in [0.25, 0.3) is 99.7 Å². The van der Waals surface area contributed by atoms with Crippen LogP contribution in [0.1, 0.15) is 0 Å². The molecule has 11 aromatic rings. The highest BCUT2D eigenvalue weighted by molar-refractivity contribution is 6.29. The Hall–Kier alpha value is -6.98. The molecule has 0 spiro atoms. The molecule has 5 heteroatoms. The maximum atomic E-state index is 6.29. The average molecular weight is 653 g/mol. The predicted octanol–water partition coefficient (Wildman–Crippen LogP) is 11.9. The normalized spacial score (nSPS) is 11.9. The molecule has 0 unspecified atom stereocenters. The van der Waals surface area contributed by atoms with E-state index in [1.54, 1.807) is 0 Å². The van der Waals surface area contributed by atoms with E-state index in [9.17, 15) is 0 Å². The second-order valence-corrected chi connectivity index (χ2v) is 13.0. The summed E-state index contributed by atoms with van der Waals surface area (Å²) in [6.07, 6.45) is 0. The summed E-state index contributed by atoms with van der Waals surface area (Å²) >= 11 is 0. The Morgan fingerprint density at radius 1 is 0.412 bits per heavy atom. The van der Waals surface area contributed by atoms with Crippen LogP contribution in [-0.2, 0) is 0 Å². The Morgan fingerprint density at radius 2 is 1.00 bits per heavy atom. The molecule has 11 rings (SSSR count). The molecular formula is C46H28N4O. The molecule has 0 atom stereocenters. The minimum absolute atomic E-state index is 0.649. The third-order valence-electron chi connectivity index (χ3n) is 10.1. The standard InChI is InChI=1S/C46H28N4O/c1-3-14-29(15-4-1)35-28-42(48-46(47-35)34-21-13-25-41-43(34)33-20-9-12-24-40(33)51-41)50-37-23-11-8-19-32(37)45-39(50)27-26-38-44(45)31-18-7-10-22-36(31)49(38)30-16-5-2-6-17-30/h1-28H. The second-order valence-electron chi connectivity index (χ2n) is 13.0. The third-order valence-corrected chi connectivity index (χ3v) is 10.1. The van der Waals surface area contributed by atoms with Crippen LogP contribution in [0.15, 0.2) is 174 Å². The van der Waals surface area contributed by atoms with Gasteiger partial charge in [0.1, 0.15) is 17.0 Å². The van der Waals surface area contributed by atoms with E-state index in [4.69, 9.17) is 14.4 Å². The fraction of sp³-hybridized carbons (Fsp3) is 0. The van der Waals surface area contributed by atoms with Crippen molar-refractivity contribution in [1.82, 2.24) is 19.1 Å². The highest BCUT2D eigenvalue weighted by atomic mass is 16.3. The smallest absolute Gasteiger partial charge is 0.162 e. The van der Waals surface area contributed by atoms with Gasteiger partial charge in [-0.15, -0.1) is 0 Å². The van der Waals surface area contributed by atoms with E-state index < -0.39 is 0 Å². The second kappa shape index (κ2) is 10.8. The van der Waals surface area contributed by atoms with Gasteiger partial charge in [0, 0.05) is 55.2 Å². The number of fused-ring (bicyclic) bond motifs is 10. The van der Waals surface area contributed by atoms with Crippen molar-refractivity contribution in [3.63, 3.8) is 0 Å². The Labute approximate surface area is 292 Å². The highest BCUT2D eigenvalue weighted by Gasteiger charge is 2.22. The Bertz CT molecular complexity index is 3130. The molecule has 0 aliphatic heterocycles. The van der Waals surface area contributed by atoms with E-state index in [1.165, 1.54) is 32.6 Å². The Balaban J connectivity index is 1.26. The molecule has 0 fully saturated rings. The molecule has 0 radical (unpaired) electrons. The van der Waals surface area contributed by atoms with Crippen LogP contribution < -0.4 is 0 Å². The molecule has 0 N–H and O–H groups in total. The fourth-order valence-electron chi connectivity index (χ4n) is 8.01. The first-order valence-electron chi connectivity index (χ1n) is 17.2. The Kier molecular flexibility index (Phi) is 5.89. The third kappa shape index (κ3) is 4.09. The van der Waals surface area contributed by atoms with E-state index >= 15 is 0 Å². The van der Waals surface area contributed by atoms with Crippen LogP contribution in [0.5, 0.6) is 0 Å². The van der Waals surface area contributed by atoms with Gasteiger partial charge < -0.3 is 8.98 Å². The van der Waals surface area contributed by atoms with E-state index in [-0.39, 0.29) is 0 Å². The number of rotatable bonds is 4. The van der Waals surface area contributed by atoms with Gasteiger partial charge in [0.25, 0.3) is 0 Å². The van der Waals surface area contributed by atoms with Crippen molar-refractivity contribution < 1.29 is 4.42 Å². The highest BCUT2D eigenvalue weighted by Crippen LogP contribution is 2.43. The summed E-state index contributed by atoms with van der Waals surface area (Å²) < 4.78 is 11.0. The van der Waals surface area contributed by atoms with Crippen molar-refractivity contribution in [2.24, 2.45) is 0 Å². The van der Waals surface area contributed by atoms with Crippen molar-refractivity contribution in [1.29, 1.82) is 0 Å². The lowest BCUT2D eigenvalue weighted by Crippen LogP contribution is -2.02. The van der Waals surface area contributed by atoms with E-state index in [1.807, 2.05) is 36.4 Å². The lowest BCUT2D eigenvalue weighted by Gasteiger charge is -2.13. The van der Waals surface area contributed by atoms with E-state index in [0.29, 0.717) is 5.82 Å². The van der Waals surface area contributed by atoms with Gasteiger partial charge in [0.2, 0.25) is 0 Å². The fourth-order valence-corrected chi connectivity index (χ4v) is 8.01. The summed E-state index contributed by atoms with van der Waals surface area (Å²) in [5, 5.41) is 6.90. The van der Waals surface area contributed by atoms with Crippen LogP contribution in [0.2, 0.25) is 0 Å². The monoisotopic (exact) mass is 652 g/mol. The van der Waals surface area contributed by atoms with Crippen LogP contribution in [0, 0.1) is 0 Å². The zero-order valence-electron chi connectivity index (χ0n) is 27.4. The van der Waals surface area contributed by atoms with Gasteiger partial charge in [-0.3, -0.25) is 4.57 Å². The van der Waals surface area contributed by atoms with Gasteiger partial charge >= 0.3 is 0 Å². The molecule has 0 saturated carbocycles. The number of benzene rings is 7. The quantitative estimate of drug-likeness (QED) is 0.190. The molecule has 51 heavy (non-hydrogen) atoms. The van der Waals surface area contributed by atoms with Gasteiger partial charge in [-0.05, 0) is 48.5 Å². The topological polar surface area (TPSA) is 48.8 Å². The van der Waals surface area contributed by atoms with Gasteiger partial charge in [0.05, 0.1) is 27.8 Å². The van der Waals surface area contributed by atoms with Gasteiger partial charge in [-0.1, -0.05) is 115 Å². The summed E-state index contributed by atoms with van der Waals surface area (Å²) in [5.41, 5.74) is 10.2. The molecule has 0 saturated heterocycles. The molecule has 0 aliphatic rings. The molecule has 0 amide bonds. The van der Waals surface area contributed by atoms with Gasteiger partial charge in [-0.2, -0.15) is 0 Å². The lowest BCUT2D eigenvalue weighted by molar-refractivity contribution is 0.669. The van der Waals surface area contributed by atoms with Crippen LogP contribution in [-0.4, -0.2) is 19.1 Å². The van der Waals surface area contributed by atoms with Crippen molar-refractivity contribution in [2.75, 3.05) is 0 Å². The number of furan rings is 1. The number of para-hydroxylation sites is 4. The van der Waals surface area contributed by atoms with Gasteiger partial charge in [-0.25, -0.2) is 9.97 Å². The SMILES string of the molecule is c1ccc(-c2cc(-n3c4ccccc4c4c5c6ccccc6n(-c6ccccc6)c5ccc43)nc(-c3cccc4oc5ccccc5c34)n2)cc1. The van der Waals surface area contributed by atoms with Crippen molar-refractivity contribution >= 4 is 65.6 Å². The number of hydrogen-bond acceptors (Lipinski definition) is 3. The predicted molar refractivity (Wildman–Crippen MR) is 209 cm³/mol. The zero-order chi connectivity index (χ0) is 33.5.